The van der Waals surface area contributed by atoms with Gasteiger partial charge in [-0.05, 0) is 0 Å². The maximum atomic E-state index is 5.15. The van der Waals surface area contributed by atoms with Crippen LogP contribution in [0.4, 0.5) is 0 Å². The summed E-state index contributed by atoms with van der Waals surface area (Å²) in [6.07, 6.45) is 0. The molecular weight excluding hydrogens is 121 g/mol. The predicted molar refractivity (Wildman–Crippen MR) is 34.8 cm³/mol. The number of hydrogen-bond acceptors (Lipinski definition) is 4. The molecular formula is C4H12BNO3. The van der Waals surface area contributed by atoms with Gasteiger partial charge in [0, 0.05) is 27.4 Å². The number of nitrogens with two attached hydrogens (primary N) is 1. The lowest BCUT2D eigenvalue weighted by atomic mass is 10.2. The van der Waals surface area contributed by atoms with Crippen molar-refractivity contribution in [3.8, 4) is 0 Å². The van der Waals surface area contributed by atoms with Crippen LogP contribution >= 0.6 is 0 Å². The van der Waals surface area contributed by atoms with E-state index in [4.69, 9.17) is 19.7 Å². The summed E-state index contributed by atoms with van der Waals surface area (Å²) >= 11 is 0. The van der Waals surface area contributed by atoms with Crippen LogP contribution in [0.15, 0.2) is 0 Å². The highest BCUT2D eigenvalue weighted by molar-refractivity contribution is 6.36. The highest BCUT2D eigenvalue weighted by Crippen LogP contribution is 1.85. The van der Waals surface area contributed by atoms with Gasteiger partial charge in [0.2, 0.25) is 0 Å². The highest BCUT2D eigenvalue weighted by Gasteiger charge is 2.15. The third-order valence-electron chi connectivity index (χ3n) is 0.757. The molecule has 0 radical (unpaired) electrons. The van der Waals surface area contributed by atoms with Gasteiger partial charge in [0.15, 0.2) is 0 Å². The van der Waals surface area contributed by atoms with E-state index in [-0.39, 0.29) is 0 Å². The van der Waals surface area contributed by atoms with Gasteiger partial charge in [0.05, 0.1) is 0 Å². The third-order valence-corrected chi connectivity index (χ3v) is 0.757. The molecule has 0 aliphatic heterocycles. The molecule has 0 amide bonds. The minimum absolute atomic E-state index is 0.451. The second-order valence-corrected chi connectivity index (χ2v) is 1.42. The summed E-state index contributed by atoms with van der Waals surface area (Å²) in [5, 5.41) is 0. The van der Waals surface area contributed by atoms with E-state index in [0.29, 0.717) is 13.2 Å². The van der Waals surface area contributed by atoms with Crippen molar-refractivity contribution in [3.05, 3.63) is 0 Å². The molecule has 0 heterocycles. The lowest BCUT2D eigenvalue weighted by Gasteiger charge is -2.06. The van der Waals surface area contributed by atoms with Crippen molar-refractivity contribution >= 4 is 7.32 Å². The van der Waals surface area contributed by atoms with Gasteiger partial charge >= 0.3 is 7.32 Å². The van der Waals surface area contributed by atoms with Crippen molar-refractivity contribution < 1.29 is 14.0 Å². The minimum Gasteiger partial charge on any atom is -0.389 e. The van der Waals surface area contributed by atoms with E-state index in [1.807, 2.05) is 0 Å². The van der Waals surface area contributed by atoms with E-state index in [0.717, 1.165) is 0 Å². The maximum Gasteiger partial charge on any atom is 0.639 e. The van der Waals surface area contributed by atoms with Gasteiger partial charge in [-0.3, -0.25) is 0 Å². The minimum atomic E-state index is -0.575. The van der Waals surface area contributed by atoms with Crippen LogP contribution < -0.4 is 5.73 Å². The van der Waals surface area contributed by atoms with Crippen LogP contribution in [-0.2, 0) is 14.0 Å². The van der Waals surface area contributed by atoms with Crippen molar-refractivity contribution in [2.75, 3.05) is 27.4 Å². The lowest BCUT2D eigenvalue weighted by molar-refractivity contribution is 0.139. The van der Waals surface area contributed by atoms with Crippen LogP contribution in [0.3, 0.4) is 0 Å². The Balaban J connectivity index is 3.09. The number of rotatable bonds is 5. The molecule has 0 fully saturated rings. The van der Waals surface area contributed by atoms with E-state index in [1.54, 1.807) is 0 Å². The molecule has 0 aliphatic carbocycles. The molecule has 2 N–H and O–H groups in total. The normalized spacial score (nSPS) is 9.67. The second-order valence-electron chi connectivity index (χ2n) is 1.42. The molecule has 5 heteroatoms. The molecule has 0 saturated heterocycles. The average Bonchev–Trinajstić information content (AvgIpc) is 1.91. The SMILES string of the molecule is COB(OC)OCCN. The van der Waals surface area contributed by atoms with Gasteiger partial charge in [0.25, 0.3) is 0 Å². The zero-order valence-electron chi connectivity index (χ0n) is 5.79. The summed E-state index contributed by atoms with van der Waals surface area (Å²) in [6.45, 7) is 0.926. The molecule has 4 nitrogen and oxygen atoms in total. The summed E-state index contributed by atoms with van der Waals surface area (Å²) in [7, 11) is 2.43. The Morgan fingerprint density at radius 1 is 1.33 bits per heavy atom. The molecule has 0 aliphatic rings. The Morgan fingerprint density at radius 3 is 2.22 bits per heavy atom. The fraction of sp³-hybridized carbons (Fsp3) is 1.00. The standard InChI is InChI=1S/C4H12BNO3/c1-7-5(8-2)9-4-3-6/h3-4,6H2,1-2H3. The summed E-state index contributed by atoms with van der Waals surface area (Å²) in [4.78, 5) is 0. The third kappa shape index (κ3) is 4.41. The van der Waals surface area contributed by atoms with E-state index in [2.05, 4.69) is 0 Å². The van der Waals surface area contributed by atoms with Gasteiger partial charge in [-0.15, -0.1) is 0 Å². The van der Waals surface area contributed by atoms with Crippen molar-refractivity contribution in [1.82, 2.24) is 0 Å². The van der Waals surface area contributed by atoms with Gasteiger partial charge in [-0.2, -0.15) is 0 Å². The highest BCUT2D eigenvalue weighted by atomic mass is 16.7. The molecule has 0 spiro atoms. The van der Waals surface area contributed by atoms with Gasteiger partial charge in [-0.1, -0.05) is 0 Å². The van der Waals surface area contributed by atoms with Gasteiger partial charge in [0.1, 0.15) is 0 Å². The Hall–Kier alpha value is -0.0951. The molecule has 0 unspecified atom stereocenters. The van der Waals surface area contributed by atoms with Crippen LogP contribution in [0.2, 0.25) is 0 Å². The summed E-state index contributed by atoms with van der Waals surface area (Å²) < 4.78 is 14.3. The molecule has 0 aromatic carbocycles. The maximum absolute atomic E-state index is 5.15. The Bertz CT molecular complexity index is 59.8. The quantitative estimate of drug-likeness (QED) is 0.500. The first-order valence-corrected chi connectivity index (χ1v) is 2.72. The Morgan fingerprint density at radius 2 is 1.89 bits per heavy atom. The topological polar surface area (TPSA) is 53.7 Å². The van der Waals surface area contributed by atoms with E-state index < -0.39 is 7.32 Å². The van der Waals surface area contributed by atoms with E-state index in [9.17, 15) is 0 Å². The summed E-state index contributed by atoms with van der Waals surface area (Å²) in [5.74, 6) is 0. The largest absolute Gasteiger partial charge is 0.639 e. The lowest BCUT2D eigenvalue weighted by Crippen LogP contribution is -2.26. The van der Waals surface area contributed by atoms with Crippen LogP contribution in [0.25, 0.3) is 0 Å². The zero-order chi connectivity index (χ0) is 7.11. The van der Waals surface area contributed by atoms with E-state index >= 15 is 0 Å². The molecule has 0 bridgehead atoms. The Labute approximate surface area is 55.4 Å². The zero-order valence-corrected chi connectivity index (χ0v) is 5.79. The molecule has 0 aromatic heterocycles. The molecule has 9 heavy (non-hydrogen) atoms. The Kier molecular flexibility index (Phi) is 5.97. The second kappa shape index (κ2) is 6.03. The molecule has 0 saturated carbocycles. The molecule has 54 valence electrons. The van der Waals surface area contributed by atoms with Crippen LogP contribution in [0, 0.1) is 0 Å². The van der Waals surface area contributed by atoms with E-state index in [1.165, 1.54) is 14.2 Å². The van der Waals surface area contributed by atoms with Crippen molar-refractivity contribution in [2.24, 2.45) is 5.73 Å². The monoisotopic (exact) mass is 133 g/mol. The summed E-state index contributed by atoms with van der Waals surface area (Å²) in [5.41, 5.74) is 5.15. The van der Waals surface area contributed by atoms with Crippen LogP contribution in [0.5, 0.6) is 0 Å². The molecule has 0 rings (SSSR count). The van der Waals surface area contributed by atoms with Crippen molar-refractivity contribution in [1.29, 1.82) is 0 Å². The van der Waals surface area contributed by atoms with Gasteiger partial charge < -0.3 is 19.7 Å². The first-order valence-electron chi connectivity index (χ1n) is 2.72. The predicted octanol–water partition coefficient (Wildman–Crippen LogP) is -0.761. The van der Waals surface area contributed by atoms with Crippen LogP contribution in [0.1, 0.15) is 0 Å². The smallest absolute Gasteiger partial charge is 0.389 e. The first-order chi connectivity index (χ1) is 4.35. The molecule has 0 atom stereocenters. The number of hydrogen-bond donors (Lipinski definition) is 1. The van der Waals surface area contributed by atoms with Crippen molar-refractivity contribution in [2.45, 2.75) is 0 Å². The summed E-state index contributed by atoms with van der Waals surface area (Å²) in [6, 6.07) is 0. The van der Waals surface area contributed by atoms with Gasteiger partial charge in [-0.25, -0.2) is 0 Å². The van der Waals surface area contributed by atoms with Crippen molar-refractivity contribution in [3.63, 3.8) is 0 Å². The first kappa shape index (κ1) is 8.90. The molecule has 0 aromatic rings. The fourth-order valence-electron chi connectivity index (χ4n) is 0.397. The average molecular weight is 133 g/mol. The van der Waals surface area contributed by atoms with Crippen LogP contribution in [-0.4, -0.2) is 34.7 Å². The fourth-order valence-corrected chi connectivity index (χ4v) is 0.397.